The molecule has 2 unspecified atom stereocenters. The molecule has 0 radical (unpaired) electrons. The predicted octanol–water partition coefficient (Wildman–Crippen LogP) is 1.85. The Bertz CT molecular complexity index is 381. The van der Waals surface area contributed by atoms with Crippen LogP contribution >= 0.6 is 0 Å². The highest BCUT2D eigenvalue weighted by molar-refractivity contribution is 5.43. The Hall–Kier alpha value is -1.10. The zero-order chi connectivity index (χ0) is 12.3. The second-order valence-electron chi connectivity index (χ2n) is 4.24. The Morgan fingerprint density at radius 2 is 2.18 bits per heavy atom. The minimum absolute atomic E-state index is 0.0858. The monoisotopic (exact) mass is 237 g/mol. The van der Waals surface area contributed by atoms with E-state index in [1.54, 1.807) is 14.2 Å². The van der Waals surface area contributed by atoms with Crippen molar-refractivity contribution >= 4 is 0 Å². The van der Waals surface area contributed by atoms with Crippen molar-refractivity contribution in [3.05, 3.63) is 29.3 Å². The van der Waals surface area contributed by atoms with Crippen LogP contribution in [-0.2, 0) is 16.0 Å². The lowest BCUT2D eigenvalue weighted by Crippen LogP contribution is -2.27. The van der Waals surface area contributed by atoms with Gasteiger partial charge in [-0.1, -0.05) is 12.1 Å². The summed E-state index contributed by atoms with van der Waals surface area (Å²) < 4.78 is 10.8. The summed E-state index contributed by atoms with van der Waals surface area (Å²) in [7, 11) is 3.34. The lowest BCUT2D eigenvalue weighted by atomic mass is 10.0. The fourth-order valence-electron chi connectivity index (χ4n) is 2.13. The zero-order valence-electron chi connectivity index (χ0n) is 10.5. The molecule has 1 heterocycles. The van der Waals surface area contributed by atoms with E-state index in [4.69, 9.17) is 14.3 Å². The first-order valence-corrected chi connectivity index (χ1v) is 5.83. The van der Waals surface area contributed by atoms with Gasteiger partial charge in [-0.05, 0) is 25.0 Å². The number of benzene rings is 1. The molecular weight excluding hydrogens is 218 g/mol. The highest BCUT2D eigenvalue weighted by atomic mass is 16.6. The fraction of sp³-hybridized carbons (Fsp3) is 0.538. The molecule has 0 aromatic heterocycles. The van der Waals surface area contributed by atoms with Crippen molar-refractivity contribution in [2.45, 2.75) is 25.5 Å². The highest BCUT2D eigenvalue weighted by Gasteiger charge is 2.31. The molecule has 0 aliphatic carbocycles. The highest BCUT2D eigenvalue weighted by Crippen LogP contribution is 2.37. The molecule has 0 saturated heterocycles. The third-order valence-electron chi connectivity index (χ3n) is 3.03. The van der Waals surface area contributed by atoms with Gasteiger partial charge in [0.15, 0.2) is 0 Å². The van der Waals surface area contributed by atoms with Crippen molar-refractivity contribution in [1.82, 2.24) is 5.48 Å². The van der Waals surface area contributed by atoms with Gasteiger partial charge in [-0.2, -0.15) is 5.48 Å². The standard InChI is InChI=1S/C13H19NO3/c1-9-13(14-16-3)11-8-10(6-7-15-2)4-5-12(11)17-9/h4-5,8-9,13-14H,6-7H2,1-3H3. The summed E-state index contributed by atoms with van der Waals surface area (Å²) in [5.74, 6) is 0.938. The molecule has 2 atom stereocenters. The molecule has 4 nitrogen and oxygen atoms in total. The molecule has 0 bridgehead atoms. The molecule has 17 heavy (non-hydrogen) atoms. The topological polar surface area (TPSA) is 39.7 Å². The van der Waals surface area contributed by atoms with Crippen LogP contribution in [0, 0.1) is 0 Å². The third kappa shape index (κ3) is 2.60. The number of hydroxylamine groups is 1. The molecule has 0 saturated carbocycles. The lowest BCUT2D eigenvalue weighted by molar-refractivity contribution is 0.0339. The van der Waals surface area contributed by atoms with Crippen LogP contribution in [0.3, 0.4) is 0 Å². The first-order valence-electron chi connectivity index (χ1n) is 5.83. The summed E-state index contributed by atoms with van der Waals surface area (Å²) in [6.45, 7) is 2.77. The van der Waals surface area contributed by atoms with E-state index in [2.05, 4.69) is 17.6 Å². The Balaban J connectivity index is 2.19. The first-order chi connectivity index (χ1) is 8.26. The maximum absolute atomic E-state index is 5.76. The van der Waals surface area contributed by atoms with Crippen LogP contribution < -0.4 is 10.2 Å². The van der Waals surface area contributed by atoms with Crippen LogP contribution in [0.4, 0.5) is 0 Å². The van der Waals surface area contributed by atoms with Crippen molar-refractivity contribution < 1.29 is 14.3 Å². The number of nitrogens with one attached hydrogen (secondary N) is 1. The summed E-state index contributed by atoms with van der Waals surface area (Å²) in [5.41, 5.74) is 5.39. The Labute approximate surface area is 102 Å². The smallest absolute Gasteiger partial charge is 0.124 e. The number of fused-ring (bicyclic) bond motifs is 1. The zero-order valence-corrected chi connectivity index (χ0v) is 10.5. The van der Waals surface area contributed by atoms with Crippen LogP contribution in [0.25, 0.3) is 0 Å². The van der Waals surface area contributed by atoms with E-state index >= 15 is 0 Å². The van der Waals surface area contributed by atoms with Gasteiger partial charge in [0.25, 0.3) is 0 Å². The minimum Gasteiger partial charge on any atom is -0.488 e. The summed E-state index contributed by atoms with van der Waals surface area (Å²) in [6.07, 6.45) is 1.00. The number of ether oxygens (including phenoxy) is 2. The Morgan fingerprint density at radius 1 is 1.35 bits per heavy atom. The van der Waals surface area contributed by atoms with Crippen molar-refractivity contribution in [3.8, 4) is 5.75 Å². The summed E-state index contributed by atoms with van der Waals surface area (Å²) in [5, 5.41) is 0. The van der Waals surface area contributed by atoms with Gasteiger partial charge < -0.3 is 14.3 Å². The van der Waals surface area contributed by atoms with E-state index in [1.807, 2.05) is 13.0 Å². The molecule has 1 aromatic rings. The number of rotatable bonds is 5. The van der Waals surface area contributed by atoms with E-state index in [-0.39, 0.29) is 12.1 Å². The molecular formula is C13H19NO3. The van der Waals surface area contributed by atoms with Gasteiger partial charge in [0.2, 0.25) is 0 Å². The van der Waals surface area contributed by atoms with Crippen molar-refractivity contribution in [2.24, 2.45) is 0 Å². The molecule has 1 aromatic carbocycles. The summed E-state index contributed by atoms with van der Waals surface area (Å²) in [4.78, 5) is 5.02. The minimum atomic E-state index is 0.0858. The maximum atomic E-state index is 5.76. The lowest BCUT2D eigenvalue weighted by Gasteiger charge is -2.14. The molecule has 4 heteroatoms. The summed E-state index contributed by atoms with van der Waals surface area (Å²) in [6, 6.07) is 6.36. The molecule has 0 amide bonds. The van der Waals surface area contributed by atoms with Gasteiger partial charge in [-0.3, -0.25) is 0 Å². The maximum Gasteiger partial charge on any atom is 0.124 e. The van der Waals surface area contributed by atoms with Gasteiger partial charge in [0, 0.05) is 12.7 Å². The molecule has 0 fully saturated rings. The van der Waals surface area contributed by atoms with Crippen LogP contribution in [0.5, 0.6) is 5.75 Å². The second-order valence-corrected chi connectivity index (χ2v) is 4.24. The molecule has 94 valence electrons. The summed E-state index contributed by atoms with van der Waals surface area (Å²) >= 11 is 0. The average Bonchev–Trinajstić information content (AvgIpc) is 2.64. The van der Waals surface area contributed by atoms with E-state index in [0.29, 0.717) is 0 Å². The van der Waals surface area contributed by atoms with Gasteiger partial charge in [-0.15, -0.1) is 0 Å². The van der Waals surface area contributed by atoms with Crippen molar-refractivity contribution in [1.29, 1.82) is 0 Å². The average molecular weight is 237 g/mol. The van der Waals surface area contributed by atoms with E-state index < -0.39 is 0 Å². The molecule has 2 rings (SSSR count). The molecule has 1 aliphatic heterocycles. The van der Waals surface area contributed by atoms with Gasteiger partial charge in [-0.25, -0.2) is 0 Å². The van der Waals surface area contributed by atoms with E-state index in [0.717, 1.165) is 24.3 Å². The third-order valence-corrected chi connectivity index (χ3v) is 3.03. The normalized spacial score (nSPS) is 22.3. The SMILES string of the molecule is COCCc1ccc2c(c1)C(NOC)C(C)O2. The number of hydrogen-bond acceptors (Lipinski definition) is 4. The number of hydrogen-bond donors (Lipinski definition) is 1. The van der Waals surface area contributed by atoms with E-state index in [1.165, 1.54) is 5.56 Å². The van der Waals surface area contributed by atoms with Crippen LogP contribution in [0.1, 0.15) is 24.1 Å². The van der Waals surface area contributed by atoms with E-state index in [9.17, 15) is 0 Å². The van der Waals surface area contributed by atoms with Crippen LogP contribution in [-0.4, -0.2) is 26.9 Å². The Morgan fingerprint density at radius 3 is 2.88 bits per heavy atom. The molecule has 1 aliphatic rings. The van der Waals surface area contributed by atoms with Gasteiger partial charge >= 0.3 is 0 Å². The number of methoxy groups -OCH3 is 1. The largest absolute Gasteiger partial charge is 0.488 e. The molecule has 0 spiro atoms. The van der Waals surface area contributed by atoms with Crippen molar-refractivity contribution in [3.63, 3.8) is 0 Å². The van der Waals surface area contributed by atoms with Gasteiger partial charge in [0.1, 0.15) is 11.9 Å². The second kappa shape index (κ2) is 5.49. The van der Waals surface area contributed by atoms with Crippen LogP contribution in [0.2, 0.25) is 0 Å². The van der Waals surface area contributed by atoms with Crippen LogP contribution in [0.15, 0.2) is 18.2 Å². The Kier molecular flexibility index (Phi) is 3.99. The van der Waals surface area contributed by atoms with Crippen molar-refractivity contribution in [2.75, 3.05) is 20.8 Å². The first kappa shape index (κ1) is 12.4. The fourth-order valence-corrected chi connectivity index (χ4v) is 2.13. The molecule has 1 N–H and O–H groups in total. The predicted molar refractivity (Wildman–Crippen MR) is 65.0 cm³/mol. The quantitative estimate of drug-likeness (QED) is 0.793. The van der Waals surface area contributed by atoms with Gasteiger partial charge in [0.05, 0.1) is 19.8 Å².